The lowest BCUT2D eigenvalue weighted by Gasteiger charge is -2.09. The minimum absolute atomic E-state index is 0.360. The molecule has 0 unspecified atom stereocenters. The highest BCUT2D eigenvalue weighted by Gasteiger charge is 2.17. The highest BCUT2D eigenvalue weighted by atomic mass is 32.1. The van der Waals surface area contributed by atoms with Crippen molar-refractivity contribution in [3.8, 4) is 0 Å². The van der Waals surface area contributed by atoms with Gasteiger partial charge in [-0.2, -0.15) is 10.1 Å². The smallest absolute Gasteiger partial charge is 0.348 e. The second kappa shape index (κ2) is 7.27. The molecule has 0 radical (unpaired) electrons. The van der Waals surface area contributed by atoms with Crippen molar-refractivity contribution in [1.29, 1.82) is 0 Å². The van der Waals surface area contributed by atoms with Crippen LogP contribution >= 0.6 is 11.3 Å². The summed E-state index contributed by atoms with van der Waals surface area (Å²) in [5.41, 5.74) is 2.37. The van der Waals surface area contributed by atoms with E-state index < -0.39 is 0 Å². The molecule has 3 N–H and O–H groups in total. The number of nitrogens with one attached hydrogen (secondary N) is 3. The third kappa shape index (κ3) is 3.39. The predicted molar refractivity (Wildman–Crippen MR) is 108 cm³/mol. The SMILES string of the molecule is COC(=O)c1cc(C)c(Nc2nn(C)c3nc(NC4=CNCN=C4)ncc23)s1. The van der Waals surface area contributed by atoms with Crippen LogP contribution in [0.3, 0.4) is 0 Å². The number of allylic oxidation sites excluding steroid dienone is 1. The molecule has 0 fully saturated rings. The fraction of sp³-hybridized carbons (Fsp3) is 0.235. The van der Waals surface area contributed by atoms with Crippen molar-refractivity contribution in [1.82, 2.24) is 25.1 Å². The molecule has 0 saturated carbocycles. The fourth-order valence-electron chi connectivity index (χ4n) is 2.69. The lowest BCUT2D eigenvalue weighted by molar-refractivity contribution is 0.0606. The molecule has 0 spiro atoms. The quantitative estimate of drug-likeness (QED) is 0.560. The van der Waals surface area contributed by atoms with Crippen LogP contribution in [0.15, 0.2) is 29.2 Å². The number of carbonyl (C=O) groups excluding carboxylic acids is 1. The number of methoxy groups -OCH3 is 1. The first-order chi connectivity index (χ1) is 13.5. The molecule has 0 atom stereocenters. The van der Waals surface area contributed by atoms with Crippen LogP contribution in [0.5, 0.6) is 0 Å². The van der Waals surface area contributed by atoms with Gasteiger partial charge in [0.25, 0.3) is 0 Å². The van der Waals surface area contributed by atoms with Gasteiger partial charge in [-0.15, -0.1) is 11.3 Å². The van der Waals surface area contributed by atoms with Crippen molar-refractivity contribution in [3.63, 3.8) is 0 Å². The average molecular weight is 398 g/mol. The molecule has 4 heterocycles. The second-order valence-electron chi connectivity index (χ2n) is 6.04. The Morgan fingerprint density at radius 3 is 3.00 bits per heavy atom. The Kier molecular flexibility index (Phi) is 4.65. The first kappa shape index (κ1) is 17.9. The van der Waals surface area contributed by atoms with E-state index in [0.29, 0.717) is 29.0 Å². The van der Waals surface area contributed by atoms with E-state index in [1.54, 1.807) is 23.2 Å². The lowest BCUT2D eigenvalue weighted by Crippen LogP contribution is -2.16. The third-order valence-corrected chi connectivity index (χ3v) is 5.18. The first-order valence-electron chi connectivity index (χ1n) is 8.41. The maximum absolute atomic E-state index is 11.7. The number of ether oxygens (including phenoxy) is 1. The lowest BCUT2D eigenvalue weighted by atomic mass is 10.3. The number of anilines is 3. The Morgan fingerprint density at radius 2 is 2.25 bits per heavy atom. The van der Waals surface area contributed by atoms with E-state index in [2.05, 4.69) is 36.0 Å². The molecule has 0 saturated heterocycles. The van der Waals surface area contributed by atoms with Gasteiger partial charge in [0.05, 0.1) is 23.2 Å². The van der Waals surface area contributed by atoms with E-state index in [1.165, 1.54) is 18.4 Å². The third-order valence-electron chi connectivity index (χ3n) is 4.04. The summed E-state index contributed by atoms with van der Waals surface area (Å²) < 4.78 is 6.46. The number of nitrogens with zero attached hydrogens (tertiary/aromatic N) is 5. The van der Waals surface area contributed by atoms with Gasteiger partial charge in [0.15, 0.2) is 11.5 Å². The minimum atomic E-state index is -0.360. The van der Waals surface area contributed by atoms with Crippen molar-refractivity contribution in [3.05, 3.63) is 34.6 Å². The van der Waals surface area contributed by atoms with Crippen LogP contribution in [0.2, 0.25) is 0 Å². The summed E-state index contributed by atoms with van der Waals surface area (Å²) in [7, 11) is 3.18. The van der Waals surface area contributed by atoms with Gasteiger partial charge < -0.3 is 20.7 Å². The molecule has 1 aliphatic rings. The number of aliphatic imine (C=N–C) groups is 1. The summed E-state index contributed by atoms with van der Waals surface area (Å²) in [6, 6.07) is 1.79. The van der Waals surface area contributed by atoms with Gasteiger partial charge in [-0.25, -0.2) is 14.5 Å². The number of hydrogen-bond acceptors (Lipinski definition) is 10. The molecular formula is C17H18N8O2S. The van der Waals surface area contributed by atoms with Crippen molar-refractivity contribution < 1.29 is 9.53 Å². The molecule has 0 aliphatic carbocycles. The fourth-order valence-corrected chi connectivity index (χ4v) is 3.68. The van der Waals surface area contributed by atoms with Crippen molar-refractivity contribution >= 4 is 51.3 Å². The summed E-state index contributed by atoms with van der Waals surface area (Å²) in [6.07, 6.45) is 5.24. The Morgan fingerprint density at radius 1 is 1.39 bits per heavy atom. The Balaban J connectivity index is 1.62. The molecule has 0 bridgehead atoms. The number of carbonyl (C=O) groups is 1. The van der Waals surface area contributed by atoms with Gasteiger partial charge in [-0.05, 0) is 18.6 Å². The van der Waals surface area contributed by atoms with Crippen LogP contribution in [0.25, 0.3) is 11.0 Å². The Bertz CT molecular complexity index is 1110. The summed E-state index contributed by atoms with van der Waals surface area (Å²) >= 11 is 1.31. The van der Waals surface area contributed by atoms with E-state index in [9.17, 15) is 4.79 Å². The second-order valence-corrected chi connectivity index (χ2v) is 7.09. The van der Waals surface area contributed by atoms with Crippen LogP contribution in [-0.4, -0.2) is 45.7 Å². The highest BCUT2D eigenvalue weighted by Crippen LogP contribution is 2.32. The van der Waals surface area contributed by atoms with Crippen LogP contribution in [-0.2, 0) is 11.8 Å². The average Bonchev–Trinajstić information content (AvgIpc) is 3.22. The van der Waals surface area contributed by atoms with E-state index in [4.69, 9.17) is 4.74 Å². The molecule has 0 aromatic carbocycles. The number of rotatable bonds is 5. The molecule has 3 aromatic heterocycles. The van der Waals surface area contributed by atoms with Gasteiger partial charge in [-0.3, -0.25) is 4.99 Å². The maximum atomic E-state index is 11.7. The molecule has 28 heavy (non-hydrogen) atoms. The molecule has 4 rings (SSSR count). The Labute approximate surface area is 164 Å². The summed E-state index contributed by atoms with van der Waals surface area (Å²) in [5.74, 6) is 0.704. The summed E-state index contributed by atoms with van der Waals surface area (Å²) in [5, 5.41) is 15.5. The van der Waals surface area contributed by atoms with Gasteiger partial charge in [-0.1, -0.05) is 0 Å². The number of esters is 1. The predicted octanol–water partition coefficient (Wildman–Crippen LogP) is 2.15. The van der Waals surface area contributed by atoms with Crippen LogP contribution in [0.1, 0.15) is 15.2 Å². The number of aromatic nitrogens is 4. The zero-order valence-corrected chi connectivity index (χ0v) is 16.3. The maximum Gasteiger partial charge on any atom is 0.348 e. The molecule has 144 valence electrons. The number of thiophene rings is 1. The molecule has 1 aliphatic heterocycles. The molecule has 3 aromatic rings. The van der Waals surface area contributed by atoms with Crippen molar-refractivity contribution in [2.45, 2.75) is 6.92 Å². The van der Waals surface area contributed by atoms with E-state index in [0.717, 1.165) is 21.6 Å². The Hall–Kier alpha value is -3.47. The number of aryl methyl sites for hydroxylation is 2. The minimum Gasteiger partial charge on any atom is -0.465 e. The van der Waals surface area contributed by atoms with Crippen LogP contribution in [0, 0.1) is 6.92 Å². The van der Waals surface area contributed by atoms with Gasteiger partial charge >= 0.3 is 5.97 Å². The van der Waals surface area contributed by atoms with E-state index in [-0.39, 0.29) is 5.97 Å². The molecular weight excluding hydrogens is 380 g/mol. The zero-order valence-electron chi connectivity index (χ0n) is 15.5. The molecule has 0 amide bonds. The monoisotopic (exact) mass is 398 g/mol. The van der Waals surface area contributed by atoms with Gasteiger partial charge in [0.2, 0.25) is 5.95 Å². The molecule has 10 nitrogen and oxygen atoms in total. The van der Waals surface area contributed by atoms with Gasteiger partial charge in [0.1, 0.15) is 11.5 Å². The van der Waals surface area contributed by atoms with E-state index >= 15 is 0 Å². The summed E-state index contributed by atoms with van der Waals surface area (Å²) in [4.78, 5) is 25.3. The standard InChI is InChI=1S/C17H18N8O2S/c1-9-4-12(16(26)27-3)28-15(9)22-13-11-7-20-17(23-14(11)25(2)24-13)21-10-5-18-8-19-6-10/h4-7,18H,8H2,1-3H3,(H,22,24)(H,20,21,23). The van der Waals surface area contributed by atoms with Crippen LogP contribution in [0.4, 0.5) is 16.8 Å². The summed E-state index contributed by atoms with van der Waals surface area (Å²) in [6.45, 7) is 2.48. The van der Waals surface area contributed by atoms with Crippen LogP contribution < -0.4 is 16.0 Å². The highest BCUT2D eigenvalue weighted by molar-refractivity contribution is 7.18. The van der Waals surface area contributed by atoms with Crippen molar-refractivity contribution in [2.24, 2.45) is 12.0 Å². The molecule has 11 heteroatoms. The number of hydrogen-bond donors (Lipinski definition) is 3. The van der Waals surface area contributed by atoms with E-state index in [1.807, 2.05) is 20.2 Å². The zero-order chi connectivity index (χ0) is 19.7. The van der Waals surface area contributed by atoms with Gasteiger partial charge in [0, 0.05) is 25.7 Å². The normalized spacial score (nSPS) is 13.2. The first-order valence-corrected chi connectivity index (χ1v) is 9.22. The topological polar surface area (TPSA) is 118 Å². The van der Waals surface area contributed by atoms with Crippen molar-refractivity contribution in [2.75, 3.05) is 24.4 Å². The number of fused-ring (bicyclic) bond motifs is 1. The largest absolute Gasteiger partial charge is 0.465 e.